The first kappa shape index (κ1) is 39.7. The molecule has 0 saturated heterocycles. The van der Waals surface area contributed by atoms with Crippen LogP contribution in [-0.2, 0) is 0 Å². The minimum absolute atomic E-state index is 0.643. The van der Waals surface area contributed by atoms with Gasteiger partial charge in [-0.3, -0.25) is 0 Å². The van der Waals surface area contributed by atoms with E-state index in [0.29, 0.717) is 5.82 Å². The molecule has 4 heterocycles. The molecule has 14 rings (SSSR count). The smallest absolute Gasteiger partial charge is 0.160 e. The number of para-hydroxylation sites is 4. The molecule has 4 aromatic heterocycles. The van der Waals surface area contributed by atoms with E-state index < -0.39 is 0 Å². The van der Waals surface area contributed by atoms with Crippen LogP contribution in [0.2, 0.25) is 0 Å². The molecule has 0 N–H and O–H groups in total. The van der Waals surface area contributed by atoms with E-state index in [-0.39, 0.29) is 0 Å². The average molecular weight is 894 g/mol. The lowest BCUT2D eigenvalue weighted by Gasteiger charge is -2.16. The molecule has 70 heavy (non-hydrogen) atoms. The lowest BCUT2D eigenvalue weighted by molar-refractivity contribution is 0.669. The Morgan fingerprint density at radius 3 is 1.61 bits per heavy atom. The summed E-state index contributed by atoms with van der Waals surface area (Å²) in [5.41, 5.74) is 17.4. The molecule has 0 fully saturated rings. The van der Waals surface area contributed by atoms with Gasteiger partial charge in [-0.15, -0.1) is 0 Å². The Labute approximate surface area is 402 Å². The van der Waals surface area contributed by atoms with Crippen LogP contribution >= 0.6 is 0 Å². The summed E-state index contributed by atoms with van der Waals surface area (Å²) in [5, 5.41) is 7.70. The molecule has 0 aliphatic heterocycles. The Balaban J connectivity index is 0.905. The summed E-state index contributed by atoms with van der Waals surface area (Å²) in [6.07, 6.45) is 0. The van der Waals surface area contributed by atoms with E-state index in [1.54, 1.807) is 0 Å². The second-order valence-electron chi connectivity index (χ2n) is 17.8. The molecule has 5 nitrogen and oxygen atoms in total. The summed E-state index contributed by atoms with van der Waals surface area (Å²) in [7, 11) is 0. The number of fused-ring (bicyclic) bond motifs is 9. The fraction of sp³-hybridized carbons (Fsp3) is 0. The molecule has 0 bridgehead atoms. The van der Waals surface area contributed by atoms with Crippen molar-refractivity contribution in [3.63, 3.8) is 0 Å². The SMILES string of the molecule is c1ccc(-c2cc(-c3cccc(-c4cccc5c4oc4ccccc45)c3)nc(-c3cccc(-c4cccc(-c5nc6ccccc6c6c(-c7ccccc7)c7c(cc56)oc5ccccc57)c4)c3)n2)cc1. The summed E-state index contributed by atoms with van der Waals surface area (Å²) in [4.78, 5) is 16.0. The maximum atomic E-state index is 6.66. The molecule has 14 aromatic rings. The van der Waals surface area contributed by atoms with Crippen molar-refractivity contribution >= 4 is 65.6 Å². The average Bonchev–Trinajstić information content (AvgIpc) is 4.01. The molecule has 326 valence electrons. The third kappa shape index (κ3) is 6.59. The van der Waals surface area contributed by atoms with Gasteiger partial charge in [-0.2, -0.15) is 0 Å². The van der Waals surface area contributed by atoms with Crippen LogP contribution in [0.5, 0.6) is 0 Å². The van der Waals surface area contributed by atoms with E-state index in [2.05, 4.69) is 212 Å². The predicted molar refractivity (Wildman–Crippen MR) is 287 cm³/mol. The van der Waals surface area contributed by atoms with Gasteiger partial charge < -0.3 is 8.83 Å². The normalized spacial score (nSPS) is 11.7. The molecular weight excluding hydrogens is 855 g/mol. The van der Waals surface area contributed by atoms with Crippen molar-refractivity contribution in [3.8, 4) is 78.5 Å². The lowest BCUT2D eigenvalue weighted by Crippen LogP contribution is -1.96. The molecule has 10 aromatic carbocycles. The molecule has 0 aliphatic rings. The number of pyridine rings is 1. The zero-order valence-electron chi connectivity index (χ0n) is 37.7. The van der Waals surface area contributed by atoms with Crippen LogP contribution in [0.4, 0.5) is 0 Å². The second-order valence-corrected chi connectivity index (χ2v) is 17.8. The first-order valence-electron chi connectivity index (χ1n) is 23.6. The van der Waals surface area contributed by atoms with Crippen LogP contribution in [0, 0.1) is 0 Å². The second kappa shape index (κ2) is 16.1. The maximum Gasteiger partial charge on any atom is 0.160 e. The van der Waals surface area contributed by atoms with Gasteiger partial charge in [0.25, 0.3) is 0 Å². The molecule has 0 amide bonds. The molecular formula is C65H39N3O2. The summed E-state index contributed by atoms with van der Waals surface area (Å²) >= 11 is 0. The zero-order valence-corrected chi connectivity index (χ0v) is 37.7. The highest BCUT2D eigenvalue weighted by Crippen LogP contribution is 2.47. The maximum absolute atomic E-state index is 6.66. The highest BCUT2D eigenvalue weighted by Gasteiger charge is 2.22. The highest BCUT2D eigenvalue weighted by atomic mass is 16.3. The van der Waals surface area contributed by atoms with E-state index in [4.69, 9.17) is 23.8 Å². The van der Waals surface area contributed by atoms with Gasteiger partial charge in [0.05, 0.1) is 22.6 Å². The van der Waals surface area contributed by atoms with Gasteiger partial charge in [0.1, 0.15) is 22.3 Å². The van der Waals surface area contributed by atoms with Crippen molar-refractivity contribution in [3.05, 3.63) is 237 Å². The minimum Gasteiger partial charge on any atom is -0.456 e. The van der Waals surface area contributed by atoms with Gasteiger partial charge in [0, 0.05) is 71.1 Å². The molecule has 0 radical (unpaired) electrons. The molecule has 0 spiro atoms. The lowest BCUT2D eigenvalue weighted by atomic mass is 9.89. The van der Waals surface area contributed by atoms with Crippen molar-refractivity contribution < 1.29 is 8.83 Å². The van der Waals surface area contributed by atoms with Gasteiger partial charge in [0.15, 0.2) is 5.82 Å². The van der Waals surface area contributed by atoms with E-state index in [0.717, 1.165) is 138 Å². The number of nitrogens with zero attached hydrogens (tertiary/aromatic N) is 3. The van der Waals surface area contributed by atoms with Crippen LogP contribution in [0.15, 0.2) is 245 Å². The Bertz CT molecular complexity index is 4360. The predicted octanol–water partition coefficient (Wildman–Crippen LogP) is 17.6. The number of furan rings is 2. The van der Waals surface area contributed by atoms with Crippen molar-refractivity contribution in [2.45, 2.75) is 0 Å². The monoisotopic (exact) mass is 893 g/mol. The Kier molecular flexibility index (Phi) is 9.14. The first-order valence-corrected chi connectivity index (χ1v) is 23.6. The molecule has 0 saturated carbocycles. The molecule has 0 atom stereocenters. The third-order valence-electron chi connectivity index (χ3n) is 13.7. The van der Waals surface area contributed by atoms with Gasteiger partial charge >= 0.3 is 0 Å². The topological polar surface area (TPSA) is 65.0 Å². The van der Waals surface area contributed by atoms with E-state index in [1.807, 2.05) is 24.3 Å². The fourth-order valence-corrected chi connectivity index (χ4v) is 10.4. The molecule has 0 unspecified atom stereocenters. The quantitative estimate of drug-likeness (QED) is 0.149. The molecule has 0 aliphatic carbocycles. The van der Waals surface area contributed by atoms with Crippen LogP contribution in [0.3, 0.4) is 0 Å². The standard InChI is InChI=1S/C65H39N3O2/c1-3-17-40(18-4-1)55-39-56(45-24-15-23-44(37-45)48-30-16-31-50-49-27-8-11-33-57(49)70-64(48)50)68-65(67-55)47-26-14-22-43(36-47)42-21-13-25-46(35-42)63-53-38-59-62(52-29-9-12-34-58(52)69-59)60(41-19-5-2-6-20-41)61(53)51-28-7-10-32-54(51)66-63/h1-39H. The van der Waals surface area contributed by atoms with Crippen LogP contribution < -0.4 is 0 Å². The Morgan fingerprint density at radius 1 is 0.286 bits per heavy atom. The van der Waals surface area contributed by atoms with Crippen molar-refractivity contribution in [2.75, 3.05) is 0 Å². The summed E-state index contributed by atoms with van der Waals surface area (Å²) in [6, 6.07) is 82.5. The Hall–Kier alpha value is -9.45. The summed E-state index contributed by atoms with van der Waals surface area (Å²) < 4.78 is 13.1. The Morgan fingerprint density at radius 2 is 0.829 bits per heavy atom. The van der Waals surface area contributed by atoms with E-state index in [9.17, 15) is 0 Å². The van der Waals surface area contributed by atoms with Crippen LogP contribution in [-0.4, -0.2) is 15.0 Å². The van der Waals surface area contributed by atoms with E-state index in [1.165, 1.54) is 0 Å². The summed E-state index contributed by atoms with van der Waals surface area (Å²) in [6.45, 7) is 0. The number of aromatic nitrogens is 3. The van der Waals surface area contributed by atoms with E-state index >= 15 is 0 Å². The van der Waals surface area contributed by atoms with Gasteiger partial charge in [-0.05, 0) is 70.8 Å². The highest BCUT2D eigenvalue weighted by molar-refractivity contribution is 6.27. The fourth-order valence-electron chi connectivity index (χ4n) is 10.4. The first-order chi connectivity index (χ1) is 34.7. The number of hydrogen-bond donors (Lipinski definition) is 0. The largest absolute Gasteiger partial charge is 0.456 e. The number of benzene rings is 10. The number of rotatable bonds is 7. The number of hydrogen-bond acceptors (Lipinski definition) is 5. The van der Waals surface area contributed by atoms with Crippen molar-refractivity contribution in [1.82, 2.24) is 15.0 Å². The van der Waals surface area contributed by atoms with Crippen molar-refractivity contribution in [1.29, 1.82) is 0 Å². The van der Waals surface area contributed by atoms with Gasteiger partial charge in [0.2, 0.25) is 0 Å². The third-order valence-corrected chi connectivity index (χ3v) is 13.7. The van der Waals surface area contributed by atoms with Crippen LogP contribution in [0.1, 0.15) is 0 Å². The van der Waals surface area contributed by atoms with Crippen molar-refractivity contribution in [2.24, 2.45) is 0 Å². The van der Waals surface area contributed by atoms with Gasteiger partial charge in [-0.1, -0.05) is 188 Å². The molecule has 5 heteroatoms. The minimum atomic E-state index is 0.643. The van der Waals surface area contributed by atoms with Gasteiger partial charge in [-0.25, -0.2) is 15.0 Å². The zero-order chi connectivity index (χ0) is 46.1. The van der Waals surface area contributed by atoms with Crippen LogP contribution in [0.25, 0.3) is 144 Å². The summed E-state index contributed by atoms with van der Waals surface area (Å²) in [5.74, 6) is 0.643.